The maximum atomic E-state index is 5.99. The molecule has 21 heavy (non-hydrogen) atoms. The molecule has 0 aliphatic carbocycles. The van der Waals surface area contributed by atoms with Crippen molar-refractivity contribution in [1.29, 1.82) is 0 Å². The van der Waals surface area contributed by atoms with Gasteiger partial charge in [0.15, 0.2) is 0 Å². The summed E-state index contributed by atoms with van der Waals surface area (Å²) in [6, 6.07) is 6.14. The van der Waals surface area contributed by atoms with Crippen LogP contribution >= 0.6 is 15.9 Å². The molecule has 118 valence electrons. The van der Waals surface area contributed by atoms with Crippen molar-refractivity contribution in [3.8, 4) is 5.75 Å². The van der Waals surface area contributed by atoms with Gasteiger partial charge in [-0.15, -0.1) is 0 Å². The Bertz CT molecular complexity index is 422. The first-order chi connectivity index (χ1) is 10.3. The first-order valence-corrected chi connectivity index (χ1v) is 8.32. The van der Waals surface area contributed by atoms with E-state index >= 15 is 0 Å². The zero-order valence-electron chi connectivity index (χ0n) is 12.6. The van der Waals surface area contributed by atoms with E-state index < -0.39 is 0 Å². The maximum absolute atomic E-state index is 5.99. The highest BCUT2D eigenvalue weighted by molar-refractivity contribution is 9.10. The average Bonchev–Trinajstić information content (AvgIpc) is 2.99. The van der Waals surface area contributed by atoms with E-state index in [2.05, 4.69) is 27.3 Å². The van der Waals surface area contributed by atoms with Gasteiger partial charge in [-0.1, -0.05) is 12.1 Å². The minimum Gasteiger partial charge on any atom is -0.492 e. The summed E-state index contributed by atoms with van der Waals surface area (Å²) in [5.74, 6) is 0.931. The van der Waals surface area contributed by atoms with Crippen molar-refractivity contribution in [3.63, 3.8) is 0 Å². The molecule has 0 radical (unpaired) electrons. The van der Waals surface area contributed by atoms with Crippen LogP contribution in [0.2, 0.25) is 0 Å². The van der Waals surface area contributed by atoms with Gasteiger partial charge < -0.3 is 19.5 Å². The van der Waals surface area contributed by atoms with Crippen LogP contribution in [0.15, 0.2) is 22.7 Å². The number of hydrogen-bond acceptors (Lipinski definition) is 4. The first-order valence-electron chi connectivity index (χ1n) is 7.52. The molecule has 1 unspecified atom stereocenters. The second kappa shape index (κ2) is 9.41. The van der Waals surface area contributed by atoms with Crippen LogP contribution in [0.5, 0.6) is 5.75 Å². The number of nitrogens with one attached hydrogen (secondary N) is 1. The van der Waals surface area contributed by atoms with Gasteiger partial charge in [-0.3, -0.25) is 0 Å². The fraction of sp³-hybridized carbons (Fsp3) is 0.625. The molecule has 0 saturated carbocycles. The Kier molecular flexibility index (Phi) is 7.50. The molecule has 1 N–H and O–H groups in total. The van der Waals surface area contributed by atoms with Crippen molar-refractivity contribution in [2.75, 3.05) is 33.5 Å². The fourth-order valence-corrected chi connectivity index (χ4v) is 2.94. The second-order valence-electron chi connectivity index (χ2n) is 5.17. The average molecular weight is 358 g/mol. The van der Waals surface area contributed by atoms with Crippen LogP contribution in [0.25, 0.3) is 0 Å². The quantitative estimate of drug-likeness (QED) is 0.689. The SMILES string of the molecule is COCCNCc1cccc(Br)c1OCCC1CCCO1. The summed E-state index contributed by atoms with van der Waals surface area (Å²) in [5.41, 5.74) is 1.16. The largest absolute Gasteiger partial charge is 0.492 e. The van der Waals surface area contributed by atoms with Crippen molar-refractivity contribution in [2.24, 2.45) is 0 Å². The highest BCUT2D eigenvalue weighted by Crippen LogP contribution is 2.29. The van der Waals surface area contributed by atoms with Crippen LogP contribution in [0.1, 0.15) is 24.8 Å². The number of ether oxygens (including phenoxy) is 3. The van der Waals surface area contributed by atoms with Crippen molar-refractivity contribution >= 4 is 15.9 Å². The zero-order chi connectivity index (χ0) is 14.9. The molecule has 1 aliphatic heterocycles. The number of halogens is 1. The highest BCUT2D eigenvalue weighted by atomic mass is 79.9. The van der Waals surface area contributed by atoms with Crippen LogP contribution in [-0.4, -0.2) is 39.6 Å². The second-order valence-corrected chi connectivity index (χ2v) is 6.02. The molecule has 4 nitrogen and oxygen atoms in total. The molecule has 1 fully saturated rings. The Morgan fingerprint density at radius 1 is 1.38 bits per heavy atom. The van der Waals surface area contributed by atoms with Gasteiger partial charge in [0.25, 0.3) is 0 Å². The molecule has 2 rings (SSSR count). The molecule has 1 saturated heterocycles. The number of methoxy groups -OCH3 is 1. The van der Waals surface area contributed by atoms with Gasteiger partial charge in [0.2, 0.25) is 0 Å². The predicted octanol–water partition coefficient (Wildman–Crippen LogP) is 3.13. The molecular weight excluding hydrogens is 334 g/mol. The smallest absolute Gasteiger partial charge is 0.137 e. The third-order valence-electron chi connectivity index (χ3n) is 3.56. The topological polar surface area (TPSA) is 39.7 Å². The van der Waals surface area contributed by atoms with Crippen molar-refractivity contribution in [3.05, 3.63) is 28.2 Å². The summed E-state index contributed by atoms with van der Waals surface area (Å²) in [6.45, 7) is 3.91. The summed E-state index contributed by atoms with van der Waals surface area (Å²) in [5, 5.41) is 3.35. The number of hydrogen-bond donors (Lipinski definition) is 1. The van der Waals surface area contributed by atoms with E-state index in [4.69, 9.17) is 14.2 Å². The lowest BCUT2D eigenvalue weighted by Crippen LogP contribution is -2.19. The molecule has 0 aromatic heterocycles. The summed E-state index contributed by atoms with van der Waals surface area (Å²) >= 11 is 3.57. The molecular formula is C16H24BrNO3. The molecule has 1 aromatic carbocycles. The number of rotatable bonds is 9. The van der Waals surface area contributed by atoms with E-state index in [0.717, 1.165) is 48.3 Å². The highest BCUT2D eigenvalue weighted by Gasteiger charge is 2.16. The molecule has 1 aromatic rings. The molecule has 1 heterocycles. The van der Waals surface area contributed by atoms with Gasteiger partial charge in [0.1, 0.15) is 5.75 Å². The van der Waals surface area contributed by atoms with E-state index in [1.165, 1.54) is 6.42 Å². The first kappa shape index (κ1) is 16.7. The number of benzene rings is 1. The van der Waals surface area contributed by atoms with Gasteiger partial charge in [-0.05, 0) is 34.8 Å². The van der Waals surface area contributed by atoms with Gasteiger partial charge in [-0.25, -0.2) is 0 Å². The lowest BCUT2D eigenvalue weighted by atomic mass is 10.2. The minimum atomic E-state index is 0.371. The summed E-state index contributed by atoms with van der Waals surface area (Å²) in [6.07, 6.45) is 3.66. The number of para-hydroxylation sites is 1. The van der Waals surface area contributed by atoms with Crippen LogP contribution in [0.4, 0.5) is 0 Å². The van der Waals surface area contributed by atoms with Crippen LogP contribution in [0, 0.1) is 0 Å². The van der Waals surface area contributed by atoms with Gasteiger partial charge in [0.05, 0.1) is 23.8 Å². The summed E-state index contributed by atoms with van der Waals surface area (Å²) < 4.78 is 17.7. The Morgan fingerprint density at radius 2 is 2.29 bits per heavy atom. The Hall–Kier alpha value is -0.620. The lowest BCUT2D eigenvalue weighted by molar-refractivity contribution is 0.0901. The molecule has 1 aliphatic rings. The predicted molar refractivity (Wildman–Crippen MR) is 86.8 cm³/mol. The minimum absolute atomic E-state index is 0.371. The normalized spacial score (nSPS) is 18.1. The van der Waals surface area contributed by atoms with Gasteiger partial charge in [-0.2, -0.15) is 0 Å². The van der Waals surface area contributed by atoms with E-state index in [1.54, 1.807) is 7.11 Å². The summed E-state index contributed by atoms with van der Waals surface area (Å²) in [4.78, 5) is 0. The lowest BCUT2D eigenvalue weighted by Gasteiger charge is -2.15. The molecule has 1 atom stereocenters. The molecule has 0 bridgehead atoms. The zero-order valence-corrected chi connectivity index (χ0v) is 14.2. The third kappa shape index (κ3) is 5.58. The van der Waals surface area contributed by atoms with E-state index in [-0.39, 0.29) is 0 Å². The standard InChI is InChI=1S/C16H24BrNO3/c1-19-11-8-18-12-13-4-2-6-15(17)16(13)21-10-7-14-5-3-9-20-14/h2,4,6,14,18H,3,5,7-12H2,1H3. The van der Waals surface area contributed by atoms with Crippen molar-refractivity contribution < 1.29 is 14.2 Å². The molecule has 0 amide bonds. The van der Waals surface area contributed by atoms with Crippen LogP contribution < -0.4 is 10.1 Å². The van der Waals surface area contributed by atoms with E-state index in [0.29, 0.717) is 19.3 Å². The Balaban J connectivity index is 1.83. The third-order valence-corrected chi connectivity index (χ3v) is 4.18. The van der Waals surface area contributed by atoms with Crippen LogP contribution in [-0.2, 0) is 16.0 Å². The molecule has 5 heteroatoms. The Labute approximate surface area is 135 Å². The van der Waals surface area contributed by atoms with Gasteiger partial charge in [0, 0.05) is 38.8 Å². The maximum Gasteiger partial charge on any atom is 0.137 e. The van der Waals surface area contributed by atoms with Crippen LogP contribution in [0.3, 0.4) is 0 Å². The Morgan fingerprint density at radius 3 is 3.05 bits per heavy atom. The molecule has 0 spiro atoms. The van der Waals surface area contributed by atoms with Crippen molar-refractivity contribution in [2.45, 2.75) is 31.9 Å². The monoisotopic (exact) mass is 357 g/mol. The van der Waals surface area contributed by atoms with Gasteiger partial charge >= 0.3 is 0 Å². The summed E-state index contributed by atoms with van der Waals surface area (Å²) in [7, 11) is 1.71. The van der Waals surface area contributed by atoms with E-state index in [1.807, 2.05) is 12.1 Å². The van der Waals surface area contributed by atoms with Crippen molar-refractivity contribution in [1.82, 2.24) is 5.32 Å². The van der Waals surface area contributed by atoms with E-state index in [9.17, 15) is 0 Å². The fourth-order valence-electron chi connectivity index (χ4n) is 2.42.